The number of aryl methyl sites for hydroxylation is 1. The molecule has 0 unspecified atom stereocenters. The molecule has 2 aromatic rings. The van der Waals surface area contributed by atoms with Crippen LogP contribution in [-0.2, 0) is 0 Å². The summed E-state index contributed by atoms with van der Waals surface area (Å²) in [5.74, 6) is -2.53. The van der Waals surface area contributed by atoms with Crippen LogP contribution in [0.15, 0.2) is 42.5 Å². The van der Waals surface area contributed by atoms with E-state index in [1.807, 2.05) is 13.0 Å². The van der Waals surface area contributed by atoms with Gasteiger partial charge in [0.1, 0.15) is 5.56 Å². The van der Waals surface area contributed by atoms with Crippen molar-refractivity contribution in [2.45, 2.75) is 6.92 Å². The number of hydrogen-bond donors (Lipinski definition) is 1. The summed E-state index contributed by atoms with van der Waals surface area (Å²) in [5.41, 5.74) is -0.367. The minimum atomic E-state index is -1.65. The van der Waals surface area contributed by atoms with Crippen LogP contribution >= 0.6 is 0 Å². The summed E-state index contributed by atoms with van der Waals surface area (Å²) in [5, 5.41) is 24.6. The van der Waals surface area contributed by atoms with Crippen molar-refractivity contribution in [3.63, 3.8) is 0 Å². The van der Waals surface area contributed by atoms with Crippen LogP contribution in [0.25, 0.3) is 0 Å². The molecule has 0 saturated carbocycles. The smallest absolute Gasteiger partial charge is 0.282 e. The average Bonchev–Trinajstić information content (AvgIpc) is 2.46. The Hall–Kier alpha value is -3.22. The van der Waals surface area contributed by atoms with Crippen LogP contribution in [0.3, 0.4) is 0 Å². The number of anilines is 1. The first kappa shape index (κ1) is 15.2. The Morgan fingerprint density at radius 3 is 2.41 bits per heavy atom. The summed E-state index contributed by atoms with van der Waals surface area (Å²) in [7, 11) is 0. The molecule has 0 aliphatic heterocycles. The van der Waals surface area contributed by atoms with Crippen LogP contribution in [0.4, 0.5) is 11.4 Å². The highest BCUT2D eigenvalue weighted by molar-refractivity contribution is 6.13. The fraction of sp³-hybridized carbons (Fsp3) is 0.0667. The van der Waals surface area contributed by atoms with E-state index in [9.17, 15) is 24.8 Å². The zero-order chi connectivity index (χ0) is 16.3. The second-order valence-electron chi connectivity index (χ2n) is 4.57. The number of carboxylic acids is 1. The number of carbonyl (C=O) groups is 2. The molecule has 0 aliphatic carbocycles. The number of nitro groups is 1. The maximum Gasteiger partial charge on any atom is 0.282 e. The van der Waals surface area contributed by atoms with Crippen LogP contribution in [0.2, 0.25) is 0 Å². The standard InChI is InChI=1S/C15H12N2O5/c1-9-4-2-5-10(8-9)16-14(18)13-11(15(19)20)6-3-7-12(13)17(21)22/h2-8H,1H3,(H,16,18)(H,19,20)/p-1. The zero-order valence-electron chi connectivity index (χ0n) is 11.5. The van der Waals surface area contributed by atoms with Crippen molar-refractivity contribution < 1.29 is 19.6 Å². The zero-order valence-corrected chi connectivity index (χ0v) is 11.5. The second kappa shape index (κ2) is 6.04. The quantitative estimate of drug-likeness (QED) is 0.679. The summed E-state index contributed by atoms with van der Waals surface area (Å²) < 4.78 is 0. The average molecular weight is 299 g/mol. The van der Waals surface area contributed by atoms with Gasteiger partial charge in [0.25, 0.3) is 11.6 Å². The minimum Gasteiger partial charge on any atom is -0.545 e. The normalized spacial score (nSPS) is 10.0. The number of benzene rings is 2. The molecule has 1 amide bonds. The highest BCUT2D eigenvalue weighted by Gasteiger charge is 2.24. The van der Waals surface area contributed by atoms with Gasteiger partial charge in [0.05, 0.1) is 10.9 Å². The molecule has 1 N–H and O–H groups in total. The van der Waals surface area contributed by atoms with Gasteiger partial charge in [-0.25, -0.2) is 0 Å². The molecule has 0 atom stereocenters. The molecule has 112 valence electrons. The summed E-state index contributed by atoms with van der Waals surface area (Å²) >= 11 is 0. The lowest BCUT2D eigenvalue weighted by molar-refractivity contribution is -0.385. The molecule has 2 rings (SSSR count). The Balaban J connectivity index is 2.48. The number of nitrogens with zero attached hydrogens (tertiary/aromatic N) is 1. The van der Waals surface area contributed by atoms with E-state index in [4.69, 9.17) is 0 Å². The summed E-state index contributed by atoms with van der Waals surface area (Å²) in [6, 6.07) is 10.1. The number of hydrogen-bond acceptors (Lipinski definition) is 5. The lowest BCUT2D eigenvalue weighted by Crippen LogP contribution is -2.27. The molecular weight excluding hydrogens is 288 g/mol. The SMILES string of the molecule is Cc1cccc(NC(=O)c2c(C(=O)[O-])cccc2[N+](=O)[O-])c1. The van der Waals surface area contributed by atoms with Gasteiger partial charge in [0, 0.05) is 17.3 Å². The number of rotatable bonds is 4. The topological polar surface area (TPSA) is 112 Å². The molecular formula is C15H11N2O5-. The Kier molecular flexibility index (Phi) is 4.17. The fourth-order valence-corrected chi connectivity index (χ4v) is 2.02. The van der Waals surface area contributed by atoms with Gasteiger partial charge < -0.3 is 15.2 Å². The second-order valence-corrected chi connectivity index (χ2v) is 4.57. The van der Waals surface area contributed by atoms with Crippen molar-refractivity contribution in [2.24, 2.45) is 0 Å². The Bertz CT molecular complexity index is 738. The van der Waals surface area contributed by atoms with Crippen molar-refractivity contribution in [3.8, 4) is 0 Å². The largest absolute Gasteiger partial charge is 0.545 e. The van der Waals surface area contributed by atoms with Gasteiger partial charge in [-0.3, -0.25) is 14.9 Å². The minimum absolute atomic E-state index is 0.410. The van der Waals surface area contributed by atoms with Crippen LogP contribution in [0, 0.1) is 17.0 Å². The van der Waals surface area contributed by atoms with Crippen LogP contribution in [-0.4, -0.2) is 16.8 Å². The molecule has 2 aromatic carbocycles. The predicted molar refractivity (Wildman–Crippen MR) is 76.6 cm³/mol. The number of amides is 1. The van der Waals surface area contributed by atoms with Crippen LogP contribution in [0.5, 0.6) is 0 Å². The molecule has 0 fully saturated rings. The van der Waals surface area contributed by atoms with E-state index in [2.05, 4.69) is 5.32 Å². The number of aromatic carboxylic acids is 1. The van der Waals surface area contributed by atoms with Gasteiger partial charge in [0.2, 0.25) is 0 Å². The maximum absolute atomic E-state index is 12.3. The first-order chi connectivity index (χ1) is 10.4. The highest BCUT2D eigenvalue weighted by Crippen LogP contribution is 2.23. The van der Waals surface area contributed by atoms with Gasteiger partial charge in [-0.15, -0.1) is 0 Å². The third-order valence-electron chi connectivity index (χ3n) is 2.96. The van der Waals surface area contributed by atoms with Crippen LogP contribution in [0.1, 0.15) is 26.3 Å². The van der Waals surface area contributed by atoms with Gasteiger partial charge in [0.15, 0.2) is 0 Å². The summed E-state index contributed by atoms with van der Waals surface area (Å²) in [6.07, 6.45) is 0. The van der Waals surface area contributed by atoms with Crippen molar-refractivity contribution in [2.75, 3.05) is 5.32 Å². The van der Waals surface area contributed by atoms with E-state index in [-0.39, 0.29) is 0 Å². The third kappa shape index (κ3) is 3.09. The van der Waals surface area contributed by atoms with Crippen molar-refractivity contribution >= 4 is 23.3 Å². The molecule has 22 heavy (non-hydrogen) atoms. The molecule has 0 bridgehead atoms. The Labute approximate surface area is 125 Å². The molecule has 0 aromatic heterocycles. The molecule has 7 nitrogen and oxygen atoms in total. The van der Waals surface area contributed by atoms with Crippen molar-refractivity contribution in [3.05, 3.63) is 69.3 Å². The number of carboxylic acid groups (broad SMARTS) is 1. The monoisotopic (exact) mass is 299 g/mol. The predicted octanol–water partition coefficient (Wildman–Crippen LogP) is 1.52. The molecule has 0 spiro atoms. The maximum atomic E-state index is 12.3. The highest BCUT2D eigenvalue weighted by atomic mass is 16.6. The van der Waals surface area contributed by atoms with E-state index in [0.29, 0.717) is 5.69 Å². The molecule has 0 aliphatic rings. The summed E-state index contributed by atoms with van der Waals surface area (Å²) in [6.45, 7) is 1.81. The fourth-order valence-electron chi connectivity index (χ4n) is 2.02. The van der Waals surface area contributed by atoms with Gasteiger partial charge in [-0.1, -0.05) is 24.3 Å². The van der Waals surface area contributed by atoms with E-state index >= 15 is 0 Å². The van der Waals surface area contributed by atoms with E-state index < -0.39 is 33.6 Å². The van der Waals surface area contributed by atoms with Crippen LogP contribution < -0.4 is 10.4 Å². The van der Waals surface area contributed by atoms with E-state index in [1.165, 1.54) is 6.07 Å². The van der Waals surface area contributed by atoms with Gasteiger partial charge in [-0.05, 0) is 24.6 Å². The van der Waals surface area contributed by atoms with Crippen molar-refractivity contribution in [1.82, 2.24) is 0 Å². The number of nitro benzene ring substituents is 1. The van der Waals surface area contributed by atoms with Gasteiger partial charge in [-0.2, -0.15) is 0 Å². The summed E-state index contributed by atoms with van der Waals surface area (Å²) in [4.78, 5) is 33.6. The molecule has 7 heteroatoms. The number of nitrogens with one attached hydrogen (secondary N) is 1. The first-order valence-electron chi connectivity index (χ1n) is 6.27. The number of carbonyl (C=O) groups excluding carboxylic acids is 2. The first-order valence-corrected chi connectivity index (χ1v) is 6.27. The third-order valence-corrected chi connectivity index (χ3v) is 2.96. The Morgan fingerprint density at radius 1 is 1.14 bits per heavy atom. The molecule has 0 radical (unpaired) electrons. The lowest BCUT2D eigenvalue weighted by atomic mass is 10.0. The van der Waals surface area contributed by atoms with E-state index in [0.717, 1.165) is 17.7 Å². The Morgan fingerprint density at radius 2 is 1.82 bits per heavy atom. The molecule has 0 heterocycles. The van der Waals surface area contributed by atoms with E-state index in [1.54, 1.807) is 18.2 Å². The van der Waals surface area contributed by atoms with Crippen molar-refractivity contribution in [1.29, 1.82) is 0 Å². The van der Waals surface area contributed by atoms with Gasteiger partial charge >= 0.3 is 0 Å². The molecule has 0 saturated heterocycles. The lowest BCUT2D eigenvalue weighted by Gasteiger charge is -2.11.